The van der Waals surface area contributed by atoms with E-state index in [2.05, 4.69) is 21.2 Å². The lowest BCUT2D eigenvalue weighted by Gasteiger charge is -2.18. The zero-order valence-electron chi connectivity index (χ0n) is 11.1. The van der Waals surface area contributed by atoms with Crippen molar-refractivity contribution in [3.63, 3.8) is 0 Å². The van der Waals surface area contributed by atoms with Crippen molar-refractivity contribution in [1.82, 2.24) is 4.90 Å². The van der Waals surface area contributed by atoms with Crippen molar-refractivity contribution < 1.29 is 4.79 Å². The van der Waals surface area contributed by atoms with Gasteiger partial charge in [0.15, 0.2) is 0 Å². The van der Waals surface area contributed by atoms with Gasteiger partial charge in [0.25, 0.3) is 0 Å². The molecule has 3 N–H and O–H groups in total. The van der Waals surface area contributed by atoms with Crippen LogP contribution in [0.25, 0.3) is 0 Å². The highest BCUT2D eigenvalue weighted by Crippen LogP contribution is 2.18. The summed E-state index contributed by atoms with van der Waals surface area (Å²) in [6, 6.07) is 14.7. The summed E-state index contributed by atoms with van der Waals surface area (Å²) < 4.78 is 0.993. The fourth-order valence-electron chi connectivity index (χ4n) is 1.74. The van der Waals surface area contributed by atoms with E-state index in [9.17, 15) is 4.79 Å². The third-order valence-corrected chi connectivity index (χ3v) is 3.65. The van der Waals surface area contributed by atoms with Crippen molar-refractivity contribution in [2.75, 3.05) is 18.1 Å². The lowest BCUT2D eigenvalue weighted by molar-refractivity contribution is 0.220. The maximum Gasteiger partial charge on any atom is 0.321 e. The average molecular weight is 334 g/mol. The van der Waals surface area contributed by atoms with E-state index < -0.39 is 0 Å². The quantitative estimate of drug-likeness (QED) is 0.841. The number of carbonyl (C=O) groups excluding carboxylic acids is 1. The molecule has 0 bridgehead atoms. The van der Waals surface area contributed by atoms with E-state index in [1.54, 1.807) is 36.2 Å². The Morgan fingerprint density at radius 2 is 1.85 bits per heavy atom. The Kier molecular flexibility index (Phi) is 4.63. The van der Waals surface area contributed by atoms with Crippen LogP contribution in [0.5, 0.6) is 0 Å². The number of nitrogens with one attached hydrogen (secondary N) is 1. The molecular weight excluding hydrogens is 318 g/mol. The standard InChI is InChI=1S/C15H16BrN3O/c1-19(10-11-4-2-3-5-14(11)16)15(20)18-13-8-6-12(17)7-9-13/h2-9H,10,17H2,1H3,(H,18,20). The van der Waals surface area contributed by atoms with E-state index >= 15 is 0 Å². The minimum atomic E-state index is -0.162. The van der Waals surface area contributed by atoms with Crippen LogP contribution in [0.2, 0.25) is 0 Å². The molecule has 0 aliphatic carbocycles. The molecule has 0 spiro atoms. The fraction of sp³-hybridized carbons (Fsp3) is 0.133. The molecule has 2 aromatic carbocycles. The molecule has 0 aromatic heterocycles. The highest BCUT2D eigenvalue weighted by molar-refractivity contribution is 9.10. The summed E-state index contributed by atoms with van der Waals surface area (Å²) in [7, 11) is 1.76. The number of nitrogens with two attached hydrogens (primary N) is 1. The molecule has 2 aromatic rings. The second-order valence-corrected chi connectivity index (χ2v) is 5.35. The lowest BCUT2D eigenvalue weighted by Crippen LogP contribution is -2.30. The Hall–Kier alpha value is -2.01. The van der Waals surface area contributed by atoms with Gasteiger partial charge in [-0.1, -0.05) is 34.1 Å². The van der Waals surface area contributed by atoms with Gasteiger partial charge < -0.3 is 16.0 Å². The summed E-state index contributed by atoms with van der Waals surface area (Å²) in [5.41, 5.74) is 8.06. The monoisotopic (exact) mass is 333 g/mol. The van der Waals surface area contributed by atoms with Crippen LogP contribution in [0.15, 0.2) is 53.0 Å². The number of benzene rings is 2. The molecule has 104 valence electrons. The minimum absolute atomic E-state index is 0.162. The van der Waals surface area contributed by atoms with E-state index in [4.69, 9.17) is 5.73 Å². The molecule has 5 heteroatoms. The van der Waals surface area contributed by atoms with Crippen LogP contribution >= 0.6 is 15.9 Å². The van der Waals surface area contributed by atoms with E-state index in [1.165, 1.54) is 0 Å². The highest BCUT2D eigenvalue weighted by atomic mass is 79.9. The maximum atomic E-state index is 12.1. The third kappa shape index (κ3) is 3.74. The number of amides is 2. The van der Waals surface area contributed by atoms with Gasteiger partial charge in [-0.2, -0.15) is 0 Å². The van der Waals surface area contributed by atoms with Gasteiger partial charge in [0, 0.05) is 29.4 Å². The van der Waals surface area contributed by atoms with Crippen molar-refractivity contribution in [3.05, 3.63) is 58.6 Å². The van der Waals surface area contributed by atoms with Crippen molar-refractivity contribution in [1.29, 1.82) is 0 Å². The maximum absolute atomic E-state index is 12.1. The molecule has 0 fully saturated rings. The Balaban J connectivity index is 1.99. The minimum Gasteiger partial charge on any atom is -0.399 e. The van der Waals surface area contributed by atoms with Crippen LogP contribution in [0.4, 0.5) is 16.2 Å². The molecule has 20 heavy (non-hydrogen) atoms. The van der Waals surface area contributed by atoms with Crippen molar-refractivity contribution in [2.45, 2.75) is 6.54 Å². The number of halogens is 1. The molecule has 0 aliphatic rings. The van der Waals surface area contributed by atoms with Crippen LogP contribution < -0.4 is 11.1 Å². The van der Waals surface area contributed by atoms with E-state index in [0.717, 1.165) is 15.7 Å². The number of rotatable bonds is 3. The second-order valence-electron chi connectivity index (χ2n) is 4.50. The molecular formula is C15H16BrN3O. The number of hydrogen-bond acceptors (Lipinski definition) is 2. The molecule has 2 amide bonds. The van der Waals surface area contributed by atoms with Gasteiger partial charge in [0.2, 0.25) is 0 Å². The zero-order chi connectivity index (χ0) is 14.5. The number of urea groups is 1. The second kappa shape index (κ2) is 6.43. The largest absolute Gasteiger partial charge is 0.399 e. The van der Waals surface area contributed by atoms with Gasteiger partial charge in [-0.05, 0) is 35.9 Å². The number of carbonyl (C=O) groups is 1. The smallest absolute Gasteiger partial charge is 0.321 e. The van der Waals surface area contributed by atoms with Crippen LogP contribution in [-0.4, -0.2) is 18.0 Å². The van der Waals surface area contributed by atoms with Gasteiger partial charge in [0.05, 0.1) is 0 Å². The molecule has 0 saturated carbocycles. The van der Waals surface area contributed by atoms with Crippen LogP contribution in [0, 0.1) is 0 Å². The summed E-state index contributed by atoms with van der Waals surface area (Å²) in [5.74, 6) is 0. The summed E-state index contributed by atoms with van der Waals surface area (Å²) in [6.45, 7) is 0.530. The molecule has 2 rings (SSSR count). The topological polar surface area (TPSA) is 58.4 Å². The van der Waals surface area contributed by atoms with Crippen LogP contribution in [0.3, 0.4) is 0 Å². The van der Waals surface area contributed by atoms with Gasteiger partial charge in [-0.3, -0.25) is 0 Å². The summed E-state index contributed by atoms with van der Waals surface area (Å²) in [4.78, 5) is 13.7. The molecule has 0 radical (unpaired) electrons. The van der Waals surface area contributed by atoms with Gasteiger partial charge in [-0.25, -0.2) is 4.79 Å². The van der Waals surface area contributed by atoms with Gasteiger partial charge in [-0.15, -0.1) is 0 Å². The zero-order valence-corrected chi connectivity index (χ0v) is 12.7. The molecule has 0 unspecified atom stereocenters. The number of nitrogen functional groups attached to an aromatic ring is 1. The first-order chi connectivity index (χ1) is 9.56. The molecule has 0 heterocycles. The Labute approximate surface area is 126 Å². The third-order valence-electron chi connectivity index (χ3n) is 2.87. The summed E-state index contributed by atoms with van der Waals surface area (Å²) >= 11 is 3.48. The van der Waals surface area contributed by atoms with Crippen LogP contribution in [-0.2, 0) is 6.54 Å². The van der Waals surface area contributed by atoms with Crippen molar-refractivity contribution in [3.8, 4) is 0 Å². The Morgan fingerprint density at radius 1 is 1.20 bits per heavy atom. The number of hydrogen-bond donors (Lipinski definition) is 2. The van der Waals surface area contributed by atoms with Crippen molar-refractivity contribution >= 4 is 33.3 Å². The lowest BCUT2D eigenvalue weighted by atomic mass is 10.2. The number of nitrogens with zero attached hydrogens (tertiary/aromatic N) is 1. The number of anilines is 2. The van der Waals surface area contributed by atoms with Crippen LogP contribution in [0.1, 0.15) is 5.56 Å². The van der Waals surface area contributed by atoms with E-state index in [0.29, 0.717) is 12.2 Å². The summed E-state index contributed by atoms with van der Waals surface area (Å²) in [6.07, 6.45) is 0. The Morgan fingerprint density at radius 3 is 2.50 bits per heavy atom. The Bertz CT molecular complexity index is 598. The van der Waals surface area contributed by atoms with E-state index in [-0.39, 0.29) is 6.03 Å². The fourth-order valence-corrected chi connectivity index (χ4v) is 2.15. The first-order valence-electron chi connectivity index (χ1n) is 6.17. The summed E-state index contributed by atoms with van der Waals surface area (Å²) in [5, 5.41) is 2.82. The molecule has 4 nitrogen and oxygen atoms in total. The van der Waals surface area contributed by atoms with E-state index in [1.807, 2.05) is 24.3 Å². The first-order valence-corrected chi connectivity index (χ1v) is 6.96. The molecule has 0 atom stereocenters. The van der Waals surface area contributed by atoms with Gasteiger partial charge in [0.1, 0.15) is 0 Å². The molecule has 0 saturated heterocycles. The van der Waals surface area contributed by atoms with Gasteiger partial charge >= 0.3 is 6.03 Å². The average Bonchev–Trinajstić information content (AvgIpc) is 2.44. The van der Waals surface area contributed by atoms with Crippen molar-refractivity contribution in [2.24, 2.45) is 0 Å². The first kappa shape index (κ1) is 14.4. The predicted molar refractivity (Wildman–Crippen MR) is 85.5 cm³/mol. The highest BCUT2D eigenvalue weighted by Gasteiger charge is 2.10. The SMILES string of the molecule is CN(Cc1ccccc1Br)C(=O)Nc1ccc(N)cc1. The normalized spacial score (nSPS) is 10.1. The molecule has 0 aliphatic heterocycles. The predicted octanol–water partition coefficient (Wildman–Crippen LogP) is 3.70.